The average molecular weight is 431 g/mol. The van der Waals surface area contributed by atoms with Crippen molar-refractivity contribution in [3.8, 4) is 22.8 Å². The van der Waals surface area contributed by atoms with Crippen LogP contribution >= 0.6 is 0 Å². The summed E-state index contributed by atoms with van der Waals surface area (Å²) in [6.07, 6.45) is 4.56. The lowest BCUT2D eigenvalue weighted by molar-refractivity contribution is -0.123. The summed E-state index contributed by atoms with van der Waals surface area (Å²) in [6, 6.07) is 19.3. The van der Waals surface area contributed by atoms with E-state index in [0.29, 0.717) is 36.0 Å². The SMILES string of the molecule is CCOc1ccc(-c2cn3cccc(OCC(=O)NCCc4ccccc4)c3n2)cc1N. The molecule has 0 fully saturated rings. The van der Waals surface area contributed by atoms with Gasteiger partial charge in [0, 0.05) is 24.5 Å². The van der Waals surface area contributed by atoms with Gasteiger partial charge in [0.2, 0.25) is 0 Å². The third-order valence-corrected chi connectivity index (χ3v) is 4.99. The average Bonchev–Trinajstić information content (AvgIpc) is 3.25. The summed E-state index contributed by atoms with van der Waals surface area (Å²) < 4.78 is 13.1. The van der Waals surface area contributed by atoms with Crippen LogP contribution in [0.4, 0.5) is 5.69 Å². The molecule has 2 aromatic heterocycles. The zero-order valence-electron chi connectivity index (χ0n) is 18.0. The summed E-state index contributed by atoms with van der Waals surface area (Å²) in [6.45, 7) is 2.95. The Balaban J connectivity index is 1.41. The van der Waals surface area contributed by atoms with Crippen molar-refractivity contribution >= 4 is 17.2 Å². The van der Waals surface area contributed by atoms with Gasteiger partial charge in [-0.25, -0.2) is 4.98 Å². The summed E-state index contributed by atoms with van der Waals surface area (Å²) in [5.74, 6) is 1.02. The van der Waals surface area contributed by atoms with E-state index in [9.17, 15) is 4.79 Å². The Labute approximate surface area is 186 Å². The molecule has 0 aliphatic heterocycles. The van der Waals surface area contributed by atoms with Crippen LogP contribution < -0.4 is 20.5 Å². The molecule has 0 spiro atoms. The van der Waals surface area contributed by atoms with Gasteiger partial charge >= 0.3 is 0 Å². The summed E-state index contributed by atoms with van der Waals surface area (Å²) >= 11 is 0. The second kappa shape index (κ2) is 9.87. The molecule has 4 rings (SSSR count). The summed E-state index contributed by atoms with van der Waals surface area (Å²) in [7, 11) is 0. The van der Waals surface area contributed by atoms with Crippen molar-refractivity contribution < 1.29 is 14.3 Å². The zero-order valence-corrected chi connectivity index (χ0v) is 18.0. The third kappa shape index (κ3) is 5.00. The highest BCUT2D eigenvalue weighted by atomic mass is 16.5. The Bertz CT molecular complexity index is 1200. The van der Waals surface area contributed by atoms with E-state index in [-0.39, 0.29) is 12.5 Å². The van der Waals surface area contributed by atoms with Gasteiger partial charge in [0.1, 0.15) is 5.75 Å². The van der Waals surface area contributed by atoms with Gasteiger partial charge in [-0.05, 0) is 49.2 Å². The number of amides is 1. The number of nitrogens with two attached hydrogens (primary N) is 1. The van der Waals surface area contributed by atoms with E-state index < -0.39 is 0 Å². The smallest absolute Gasteiger partial charge is 0.257 e. The number of fused-ring (bicyclic) bond motifs is 1. The van der Waals surface area contributed by atoms with Crippen LogP contribution in [0.1, 0.15) is 12.5 Å². The Morgan fingerprint density at radius 2 is 1.91 bits per heavy atom. The third-order valence-electron chi connectivity index (χ3n) is 4.99. The number of anilines is 1. The first kappa shape index (κ1) is 21.2. The molecule has 164 valence electrons. The van der Waals surface area contributed by atoms with Gasteiger partial charge in [0.05, 0.1) is 18.0 Å². The Morgan fingerprint density at radius 1 is 1.06 bits per heavy atom. The Hall–Kier alpha value is -4.00. The number of nitrogen functional groups attached to an aromatic ring is 1. The van der Waals surface area contributed by atoms with Gasteiger partial charge in [0.25, 0.3) is 5.91 Å². The molecule has 3 N–H and O–H groups in total. The quantitative estimate of drug-likeness (QED) is 0.395. The molecule has 0 bridgehead atoms. The Morgan fingerprint density at radius 3 is 2.69 bits per heavy atom. The number of aromatic nitrogens is 2. The van der Waals surface area contributed by atoms with Gasteiger partial charge in [-0.3, -0.25) is 4.79 Å². The second-order valence-corrected chi connectivity index (χ2v) is 7.29. The molecule has 2 aromatic carbocycles. The van der Waals surface area contributed by atoms with E-state index in [1.165, 1.54) is 5.56 Å². The number of hydrogen-bond acceptors (Lipinski definition) is 5. The molecule has 0 saturated carbocycles. The topological polar surface area (TPSA) is 90.9 Å². The minimum atomic E-state index is -0.172. The zero-order chi connectivity index (χ0) is 22.3. The molecule has 4 aromatic rings. The molecule has 32 heavy (non-hydrogen) atoms. The van der Waals surface area contributed by atoms with Crippen molar-refractivity contribution in [1.29, 1.82) is 0 Å². The van der Waals surface area contributed by atoms with Gasteiger partial charge in [-0.15, -0.1) is 0 Å². The van der Waals surface area contributed by atoms with Crippen LogP contribution in [-0.2, 0) is 11.2 Å². The lowest BCUT2D eigenvalue weighted by Gasteiger charge is -2.08. The number of imidazole rings is 1. The molecule has 0 saturated heterocycles. The maximum Gasteiger partial charge on any atom is 0.257 e. The molecular formula is C25H26N4O3. The molecule has 0 atom stereocenters. The van der Waals surface area contributed by atoms with Crippen molar-refractivity contribution in [2.75, 3.05) is 25.5 Å². The van der Waals surface area contributed by atoms with Crippen LogP contribution in [0.15, 0.2) is 73.1 Å². The van der Waals surface area contributed by atoms with Gasteiger partial charge in [-0.1, -0.05) is 30.3 Å². The molecule has 0 aliphatic rings. The predicted octanol–water partition coefficient (Wildman–Crippen LogP) is 3.72. The first-order valence-corrected chi connectivity index (χ1v) is 10.6. The number of nitrogens with one attached hydrogen (secondary N) is 1. The Kier molecular flexibility index (Phi) is 6.55. The molecule has 0 aliphatic carbocycles. The largest absolute Gasteiger partial charge is 0.492 e. The van der Waals surface area contributed by atoms with Crippen molar-refractivity contribution in [3.63, 3.8) is 0 Å². The lowest BCUT2D eigenvalue weighted by atomic mass is 10.1. The van der Waals surface area contributed by atoms with Crippen molar-refractivity contribution in [2.24, 2.45) is 0 Å². The van der Waals surface area contributed by atoms with Crippen molar-refractivity contribution in [3.05, 3.63) is 78.6 Å². The summed E-state index contributed by atoms with van der Waals surface area (Å²) in [5.41, 5.74) is 10.1. The minimum Gasteiger partial charge on any atom is -0.492 e. The monoisotopic (exact) mass is 430 g/mol. The number of pyridine rings is 1. The highest BCUT2D eigenvalue weighted by molar-refractivity contribution is 5.78. The second-order valence-electron chi connectivity index (χ2n) is 7.29. The molecule has 2 heterocycles. The molecule has 7 heteroatoms. The van der Waals surface area contributed by atoms with Crippen LogP contribution in [0.25, 0.3) is 16.9 Å². The standard InChI is InChI=1S/C25H26N4O3/c1-2-31-22-11-10-19(15-20(22)26)21-16-29-14-6-9-23(25(29)28-21)32-17-24(30)27-13-12-18-7-4-3-5-8-18/h3-11,14-16H,2,12-13,17,26H2,1H3,(H,27,30). The molecule has 7 nitrogen and oxygen atoms in total. The number of ether oxygens (including phenoxy) is 2. The van der Waals surface area contributed by atoms with Crippen LogP contribution in [0, 0.1) is 0 Å². The van der Waals surface area contributed by atoms with Gasteiger partial charge in [0.15, 0.2) is 18.0 Å². The summed E-state index contributed by atoms with van der Waals surface area (Å²) in [5, 5.41) is 2.89. The van der Waals surface area contributed by atoms with E-state index in [1.54, 1.807) is 6.07 Å². The number of carbonyl (C=O) groups excluding carboxylic acids is 1. The van der Waals surface area contributed by atoms with Gasteiger partial charge < -0.3 is 24.9 Å². The van der Waals surface area contributed by atoms with Crippen LogP contribution in [-0.4, -0.2) is 35.1 Å². The van der Waals surface area contributed by atoms with E-state index in [1.807, 2.05) is 78.3 Å². The van der Waals surface area contributed by atoms with Crippen LogP contribution in [0.3, 0.4) is 0 Å². The highest BCUT2D eigenvalue weighted by Gasteiger charge is 2.12. The number of rotatable bonds is 9. The lowest BCUT2D eigenvalue weighted by Crippen LogP contribution is -2.30. The molecule has 0 radical (unpaired) electrons. The maximum atomic E-state index is 12.2. The summed E-state index contributed by atoms with van der Waals surface area (Å²) in [4.78, 5) is 16.9. The van der Waals surface area contributed by atoms with Crippen LogP contribution in [0.2, 0.25) is 0 Å². The van der Waals surface area contributed by atoms with E-state index in [0.717, 1.165) is 17.7 Å². The minimum absolute atomic E-state index is 0.0767. The van der Waals surface area contributed by atoms with Crippen molar-refractivity contribution in [2.45, 2.75) is 13.3 Å². The highest BCUT2D eigenvalue weighted by Crippen LogP contribution is 2.30. The first-order valence-electron chi connectivity index (χ1n) is 10.6. The number of hydrogen-bond donors (Lipinski definition) is 2. The number of benzene rings is 2. The van der Waals surface area contributed by atoms with E-state index in [2.05, 4.69) is 10.3 Å². The maximum absolute atomic E-state index is 12.2. The van der Waals surface area contributed by atoms with E-state index >= 15 is 0 Å². The first-order chi connectivity index (χ1) is 15.6. The van der Waals surface area contributed by atoms with Crippen LogP contribution in [0.5, 0.6) is 11.5 Å². The fourth-order valence-electron chi connectivity index (χ4n) is 3.42. The fraction of sp³-hybridized carbons (Fsp3) is 0.200. The molecule has 0 unspecified atom stereocenters. The fourth-order valence-corrected chi connectivity index (χ4v) is 3.42. The predicted molar refractivity (Wildman–Crippen MR) is 125 cm³/mol. The van der Waals surface area contributed by atoms with Crippen molar-refractivity contribution in [1.82, 2.24) is 14.7 Å². The van der Waals surface area contributed by atoms with Gasteiger partial charge in [-0.2, -0.15) is 0 Å². The number of nitrogens with zero attached hydrogens (tertiary/aromatic N) is 2. The molecule has 1 amide bonds. The normalized spacial score (nSPS) is 10.8. The number of carbonyl (C=O) groups is 1. The van der Waals surface area contributed by atoms with E-state index in [4.69, 9.17) is 15.2 Å². The molecular weight excluding hydrogens is 404 g/mol.